The van der Waals surface area contributed by atoms with Crippen molar-refractivity contribution in [3.05, 3.63) is 53.9 Å². The minimum atomic E-state index is -2.27. The number of hydrogen-bond acceptors (Lipinski definition) is 4. The molecule has 0 bridgehead atoms. The van der Waals surface area contributed by atoms with Gasteiger partial charge in [-0.2, -0.15) is 0 Å². The fraction of sp³-hybridized carbons (Fsp3) is 0.391. The third kappa shape index (κ3) is 5.17. The van der Waals surface area contributed by atoms with Crippen LogP contribution in [0.4, 0.5) is 0 Å². The summed E-state index contributed by atoms with van der Waals surface area (Å²) < 4.78 is 22.2. The first-order valence-corrected chi connectivity index (χ1v) is 13.2. The Kier molecular flexibility index (Phi) is 7.19. The molecule has 0 aliphatic heterocycles. The van der Waals surface area contributed by atoms with E-state index in [2.05, 4.69) is 28.3 Å². The van der Waals surface area contributed by atoms with Gasteiger partial charge in [0, 0.05) is 17.9 Å². The van der Waals surface area contributed by atoms with Crippen molar-refractivity contribution < 1.29 is 18.7 Å². The van der Waals surface area contributed by atoms with Gasteiger partial charge in [-0.05, 0) is 44.9 Å². The maximum atomic E-state index is 12.2. The average molecular weight is 444 g/mol. The van der Waals surface area contributed by atoms with Crippen molar-refractivity contribution in [2.75, 3.05) is 19.9 Å². The molecule has 166 valence electrons. The van der Waals surface area contributed by atoms with Crippen molar-refractivity contribution in [2.24, 2.45) is 5.73 Å². The Labute approximate surface area is 183 Å². The minimum absolute atomic E-state index is 0.0624. The summed E-state index contributed by atoms with van der Waals surface area (Å²) in [5.74, 6) is 1.52. The quantitative estimate of drug-likeness (QED) is 0.393. The molecule has 7 nitrogen and oxygen atoms in total. The number of carbonyl (C=O) groups excluding carboxylic acids is 1. The van der Waals surface area contributed by atoms with Gasteiger partial charge in [-0.15, -0.1) is 0 Å². The highest BCUT2D eigenvalue weighted by molar-refractivity contribution is 7.70. The lowest BCUT2D eigenvalue weighted by Gasteiger charge is -2.10. The smallest absolute Gasteiger partial charge is 0.271 e. The Hall–Kier alpha value is -2.63. The number of nitrogens with one attached hydrogen (secondary N) is 1. The summed E-state index contributed by atoms with van der Waals surface area (Å²) in [6.07, 6.45) is 0. The lowest BCUT2D eigenvalue weighted by Crippen LogP contribution is -2.38. The van der Waals surface area contributed by atoms with Crippen LogP contribution in [-0.2, 0) is 35.5 Å². The third-order valence-corrected chi connectivity index (χ3v) is 6.93. The van der Waals surface area contributed by atoms with Crippen LogP contribution < -0.4 is 25.7 Å². The summed E-state index contributed by atoms with van der Waals surface area (Å²) >= 11 is 0. The first-order valence-electron chi connectivity index (χ1n) is 10.6. The molecule has 0 aliphatic rings. The molecule has 1 heterocycles. The number of nitrogens with zero attached hydrogens (tertiary/aromatic N) is 2. The Morgan fingerprint density at radius 3 is 2.45 bits per heavy atom. The number of imidazole rings is 1. The van der Waals surface area contributed by atoms with Crippen LogP contribution in [0, 0.1) is 0 Å². The van der Waals surface area contributed by atoms with Crippen molar-refractivity contribution in [1.29, 1.82) is 0 Å². The maximum Gasteiger partial charge on any atom is 0.271 e. The monoisotopic (exact) mass is 443 g/mol. The molecular formula is C23H32N4O3P+. The van der Waals surface area contributed by atoms with Gasteiger partial charge in [-0.25, -0.2) is 9.13 Å². The average Bonchev–Trinajstić information content (AvgIpc) is 3.07. The molecule has 3 N–H and O–H groups in total. The third-order valence-electron chi connectivity index (χ3n) is 5.38. The maximum absolute atomic E-state index is 12.2. The number of ether oxygens (including phenoxy) is 1. The van der Waals surface area contributed by atoms with Crippen LogP contribution in [0.3, 0.4) is 0 Å². The van der Waals surface area contributed by atoms with Gasteiger partial charge in [0.25, 0.3) is 11.7 Å². The van der Waals surface area contributed by atoms with E-state index in [9.17, 15) is 9.36 Å². The predicted molar refractivity (Wildman–Crippen MR) is 124 cm³/mol. The van der Waals surface area contributed by atoms with Gasteiger partial charge in [0.2, 0.25) is 0 Å². The zero-order valence-corrected chi connectivity index (χ0v) is 19.6. The minimum Gasteiger partial charge on any atom is -0.484 e. The standard InChI is InChI=1S/C23H31N4O3P/c1-5-26-20-12-9-18(13-21(20)27(6-2)23(26)14-24)30-16-22(28)25-15-17-7-10-19(11-8-17)31(3,4)29/h7-13H,5-6,14-16,24H2,1-4H3/p+1. The summed E-state index contributed by atoms with van der Waals surface area (Å²) in [5, 5.41) is 3.69. The van der Waals surface area contributed by atoms with Gasteiger partial charge < -0.3 is 20.4 Å². The number of hydrogen-bond donors (Lipinski definition) is 2. The molecule has 0 fully saturated rings. The molecule has 3 aromatic rings. The van der Waals surface area contributed by atoms with E-state index >= 15 is 0 Å². The van der Waals surface area contributed by atoms with Gasteiger partial charge in [0.15, 0.2) is 17.6 Å². The van der Waals surface area contributed by atoms with Crippen molar-refractivity contribution >= 4 is 29.4 Å². The molecule has 1 amide bonds. The number of carbonyl (C=O) groups is 1. The highest BCUT2D eigenvalue weighted by atomic mass is 31.2. The van der Waals surface area contributed by atoms with Crippen LogP contribution >= 0.6 is 7.14 Å². The number of nitrogens with two attached hydrogens (primary N) is 1. The highest BCUT2D eigenvalue weighted by Gasteiger charge is 2.22. The molecule has 8 heteroatoms. The molecule has 2 aromatic carbocycles. The first kappa shape index (κ1) is 23.0. The Morgan fingerprint density at radius 1 is 1.16 bits per heavy atom. The van der Waals surface area contributed by atoms with E-state index in [1.807, 2.05) is 42.5 Å². The van der Waals surface area contributed by atoms with Gasteiger partial charge in [0.1, 0.15) is 12.9 Å². The van der Waals surface area contributed by atoms with E-state index in [1.54, 1.807) is 13.3 Å². The number of aromatic nitrogens is 2. The summed E-state index contributed by atoms with van der Waals surface area (Å²) in [7, 11) is -2.27. The SMILES string of the molecule is CCn1c(CN)[n+](CC)c2ccc(OCC(=O)NCc3ccc(P(C)(C)=O)cc3)cc21. The summed E-state index contributed by atoms with van der Waals surface area (Å²) in [5.41, 5.74) is 9.08. The topological polar surface area (TPSA) is 90.2 Å². The molecule has 0 unspecified atom stereocenters. The van der Waals surface area contributed by atoms with Crippen LogP contribution in [0.25, 0.3) is 11.0 Å². The molecule has 0 spiro atoms. The molecule has 0 saturated heterocycles. The zero-order chi connectivity index (χ0) is 22.6. The van der Waals surface area contributed by atoms with Crippen molar-refractivity contribution in [3.8, 4) is 5.75 Å². The molecule has 0 aliphatic carbocycles. The predicted octanol–water partition coefficient (Wildman–Crippen LogP) is 2.37. The number of benzene rings is 2. The van der Waals surface area contributed by atoms with Gasteiger partial charge in [0.05, 0.1) is 19.6 Å². The van der Waals surface area contributed by atoms with Crippen molar-refractivity contribution in [3.63, 3.8) is 0 Å². The molecule has 0 atom stereocenters. The first-order chi connectivity index (χ1) is 14.8. The lowest BCUT2D eigenvalue weighted by atomic mass is 10.2. The fourth-order valence-electron chi connectivity index (χ4n) is 3.76. The number of aryl methyl sites for hydroxylation is 2. The molecule has 1 aromatic heterocycles. The Bertz CT molecular complexity index is 1120. The Balaban J connectivity index is 1.63. The second-order valence-electron chi connectivity index (χ2n) is 7.84. The summed E-state index contributed by atoms with van der Waals surface area (Å²) in [6.45, 7) is 10.1. The zero-order valence-electron chi connectivity index (χ0n) is 18.7. The van der Waals surface area contributed by atoms with E-state index in [4.69, 9.17) is 10.5 Å². The van der Waals surface area contributed by atoms with Crippen molar-refractivity contribution in [2.45, 2.75) is 40.0 Å². The Morgan fingerprint density at radius 2 is 1.87 bits per heavy atom. The van der Waals surface area contributed by atoms with Crippen LogP contribution in [0.1, 0.15) is 25.2 Å². The van der Waals surface area contributed by atoms with Gasteiger partial charge in [-0.1, -0.05) is 24.3 Å². The number of rotatable bonds is 9. The number of fused-ring (bicyclic) bond motifs is 1. The fourth-order valence-corrected chi connectivity index (χ4v) is 4.63. The second-order valence-corrected chi connectivity index (χ2v) is 11.1. The van der Waals surface area contributed by atoms with Gasteiger partial charge in [-0.3, -0.25) is 4.79 Å². The van der Waals surface area contributed by atoms with E-state index in [-0.39, 0.29) is 12.5 Å². The van der Waals surface area contributed by atoms with E-state index < -0.39 is 7.14 Å². The largest absolute Gasteiger partial charge is 0.484 e. The van der Waals surface area contributed by atoms with E-state index in [0.717, 1.165) is 40.8 Å². The lowest BCUT2D eigenvalue weighted by molar-refractivity contribution is -0.676. The molecule has 0 saturated carbocycles. The van der Waals surface area contributed by atoms with Crippen LogP contribution in [0.15, 0.2) is 42.5 Å². The molecule has 0 radical (unpaired) electrons. The van der Waals surface area contributed by atoms with Crippen LogP contribution in [-0.4, -0.2) is 30.4 Å². The molecular weight excluding hydrogens is 411 g/mol. The van der Waals surface area contributed by atoms with E-state index in [1.165, 1.54) is 0 Å². The van der Waals surface area contributed by atoms with Crippen molar-refractivity contribution in [1.82, 2.24) is 9.88 Å². The van der Waals surface area contributed by atoms with E-state index in [0.29, 0.717) is 18.8 Å². The number of amides is 1. The normalized spacial score (nSPS) is 11.6. The van der Waals surface area contributed by atoms with Gasteiger partial charge >= 0.3 is 0 Å². The van der Waals surface area contributed by atoms with Crippen LogP contribution in [0.2, 0.25) is 0 Å². The highest BCUT2D eigenvalue weighted by Crippen LogP contribution is 2.34. The van der Waals surface area contributed by atoms with Crippen LogP contribution in [0.5, 0.6) is 5.75 Å². The molecule has 31 heavy (non-hydrogen) atoms. The second kappa shape index (κ2) is 9.67. The summed E-state index contributed by atoms with van der Waals surface area (Å²) in [4.78, 5) is 12.2. The summed E-state index contributed by atoms with van der Waals surface area (Å²) in [6, 6.07) is 13.4. The molecule has 3 rings (SSSR count).